The first-order valence-corrected chi connectivity index (χ1v) is 7.84. The molecule has 0 bridgehead atoms. The second-order valence-electron chi connectivity index (χ2n) is 5.23. The summed E-state index contributed by atoms with van der Waals surface area (Å²) in [4.78, 5) is 12.1. The molecule has 0 fully saturated rings. The van der Waals surface area contributed by atoms with Crippen molar-refractivity contribution in [2.75, 3.05) is 0 Å². The van der Waals surface area contributed by atoms with E-state index in [0.717, 1.165) is 25.1 Å². The van der Waals surface area contributed by atoms with Crippen LogP contribution in [0.25, 0.3) is 0 Å². The number of rotatable bonds is 11. The second-order valence-corrected chi connectivity index (χ2v) is 5.23. The minimum Gasteiger partial charge on any atom is -0.292 e. The number of nitrogens with zero attached hydrogens (tertiary/aromatic N) is 2. The number of aromatic nitrogens is 2. The molecule has 0 unspecified atom stereocenters. The summed E-state index contributed by atoms with van der Waals surface area (Å²) in [7, 11) is 0. The fourth-order valence-electron chi connectivity index (χ4n) is 2.33. The molecule has 0 radical (unpaired) electrons. The van der Waals surface area contributed by atoms with E-state index in [1.165, 1.54) is 38.5 Å². The van der Waals surface area contributed by atoms with Gasteiger partial charge >= 0.3 is 0 Å². The molecule has 1 aromatic heterocycles. The van der Waals surface area contributed by atoms with Gasteiger partial charge in [-0.2, -0.15) is 5.10 Å². The Hall–Kier alpha value is -1.12. The lowest BCUT2D eigenvalue weighted by Gasteiger charge is -2.05. The largest absolute Gasteiger partial charge is 0.292 e. The Kier molecular flexibility index (Phi) is 8.19. The van der Waals surface area contributed by atoms with E-state index in [1.807, 2.05) is 10.7 Å². The number of carbonyl (C=O) groups excluding carboxylic acids is 1. The van der Waals surface area contributed by atoms with Gasteiger partial charge in [0, 0.05) is 19.2 Å². The minimum atomic E-state index is 0.250. The van der Waals surface area contributed by atoms with Crippen molar-refractivity contribution in [1.29, 1.82) is 0 Å². The van der Waals surface area contributed by atoms with Crippen LogP contribution in [0.5, 0.6) is 0 Å². The SMILES string of the molecule is CCCCCCCCCC(=O)c1ccnn1CCC. The molecule has 0 atom stereocenters. The van der Waals surface area contributed by atoms with E-state index in [-0.39, 0.29) is 5.78 Å². The zero-order valence-electron chi connectivity index (χ0n) is 12.5. The first kappa shape index (κ1) is 15.9. The third-order valence-corrected chi connectivity index (χ3v) is 3.45. The molecule has 0 amide bonds. The molecule has 0 aliphatic carbocycles. The van der Waals surface area contributed by atoms with Gasteiger partial charge in [0.15, 0.2) is 5.78 Å². The van der Waals surface area contributed by atoms with E-state index < -0.39 is 0 Å². The molecule has 0 saturated heterocycles. The van der Waals surface area contributed by atoms with Gasteiger partial charge < -0.3 is 0 Å². The van der Waals surface area contributed by atoms with E-state index >= 15 is 0 Å². The fraction of sp³-hybridized carbons (Fsp3) is 0.750. The van der Waals surface area contributed by atoms with E-state index in [0.29, 0.717) is 6.42 Å². The molecular formula is C16H28N2O. The standard InChI is InChI=1S/C16H28N2O/c1-3-5-6-7-8-9-10-11-16(19)15-12-13-17-18(15)14-4-2/h12-13H,3-11,14H2,1-2H3. The Labute approximate surface area is 117 Å². The summed E-state index contributed by atoms with van der Waals surface area (Å²) in [5, 5.41) is 4.20. The van der Waals surface area contributed by atoms with Gasteiger partial charge in [0.2, 0.25) is 0 Å². The molecule has 3 nitrogen and oxygen atoms in total. The number of hydrogen-bond acceptors (Lipinski definition) is 2. The number of aryl methyl sites for hydroxylation is 1. The first-order chi connectivity index (χ1) is 9.29. The van der Waals surface area contributed by atoms with Crippen molar-refractivity contribution in [1.82, 2.24) is 9.78 Å². The summed E-state index contributed by atoms with van der Waals surface area (Å²) in [6.45, 7) is 5.18. The van der Waals surface area contributed by atoms with Crippen LogP contribution in [0.3, 0.4) is 0 Å². The highest BCUT2D eigenvalue weighted by Crippen LogP contribution is 2.11. The summed E-state index contributed by atoms with van der Waals surface area (Å²) < 4.78 is 1.84. The summed E-state index contributed by atoms with van der Waals surface area (Å²) in [5.74, 6) is 0.250. The summed E-state index contributed by atoms with van der Waals surface area (Å²) in [6, 6.07) is 1.85. The zero-order valence-corrected chi connectivity index (χ0v) is 12.5. The van der Waals surface area contributed by atoms with Gasteiger partial charge in [-0.25, -0.2) is 0 Å². The van der Waals surface area contributed by atoms with E-state index in [4.69, 9.17) is 0 Å². The molecule has 0 saturated carbocycles. The van der Waals surface area contributed by atoms with Gasteiger partial charge in [-0.15, -0.1) is 0 Å². The third-order valence-electron chi connectivity index (χ3n) is 3.45. The van der Waals surface area contributed by atoms with Crippen LogP contribution in [0.4, 0.5) is 0 Å². The predicted molar refractivity (Wildman–Crippen MR) is 79.5 cm³/mol. The average Bonchev–Trinajstić information content (AvgIpc) is 2.86. The Morgan fingerprint density at radius 1 is 1.05 bits per heavy atom. The maximum Gasteiger partial charge on any atom is 0.180 e. The van der Waals surface area contributed by atoms with Crippen LogP contribution in [0.1, 0.15) is 82.1 Å². The molecule has 0 aliphatic rings. The zero-order chi connectivity index (χ0) is 13.9. The van der Waals surface area contributed by atoms with Crippen molar-refractivity contribution < 1.29 is 4.79 Å². The Morgan fingerprint density at radius 3 is 2.42 bits per heavy atom. The van der Waals surface area contributed by atoms with Crippen molar-refractivity contribution in [3.63, 3.8) is 0 Å². The summed E-state index contributed by atoms with van der Waals surface area (Å²) in [6.07, 6.45) is 12.2. The van der Waals surface area contributed by atoms with Crippen LogP contribution in [0.2, 0.25) is 0 Å². The van der Waals surface area contributed by atoms with Gasteiger partial charge in [0.25, 0.3) is 0 Å². The molecule has 19 heavy (non-hydrogen) atoms. The average molecular weight is 264 g/mol. The molecular weight excluding hydrogens is 236 g/mol. The predicted octanol–water partition coefficient (Wildman–Crippen LogP) is 4.62. The lowest BCUT2D eigenvalue weighted by molar-refractivity contribution is 0.0968. The molecule has 0 aliphatic heterocycles. The monoisotopic (exact) mass is 264 g/mol. The van der Waals surface area contributed by atoms with Crippen LogP contribution < -0.4 is 0 Å². The quantitative estimate of drug-likeness (QED) is 0.432. The first-order valence-electron chi connectivity index (χ1n) is 7.84. The molecule has 0 spiro atoms. The molecule has 1 rings (SSSR count). The van der Waals surface area contributed by atoms with Gasteiger partial charge in [0.05, 0.1) is 0 Å². The highest BCUT2D eigenvalue weighted by Gasteiger charge is 2.10. The van der Waals surface area contributed by atoms with E-state index in [9.17, 15) is 4.79 Å². The molecule has 0 N–H and O–H groups in total. The Morgan fingerprint density at radius 2 is 1.74 bits per heavy atom. The van der Waals surface area contributed by atoms with Gasteiger partial charge in [-0.1, -0.05) is 52.4 Å². The minimum absolute atomic E-state index is 0.250. The lowest BCUT2D eigenvalue weighted by atomic mass is 10.1. The van der Waals surface area contributed by atoms with Crippen LogP contribution in [0.15, 0.2) is 12.3 Å². The molecule has 1 aromatic rings. The van der Waals surface area contributed by atoms with Crippen LogP contribution in [0, 0.1) is 0 Å². The Balaban J connectivity index is 2.18. The lowest BCUT2D eigenvalue weighted by Crippen LogP contribution is -2.10. The number of Topliss-reactive ketones (excluding diaryl/α,β-unsaturated/α-hetero) is 1. The number of hydrogen-bond donors (Lipinski definition) is 0. The van der Waals surface area contributed by atoms with Crippen LogP contribution in [-0.4, -0.2) is 15.6 Å². The Bertz CT molecular complexity index is 357. The highest BCUT2D eigenvalue weighted by atomic mass is 16.1. The molecule has 108 valence electrons. The molecule has 1 heterocycles. The van der Waals surface area contributed by atoms with Gasteiger partial charge in [-0.3, -0.25) is 9.48 Å². The van der Waals surface area contributed by atoms with Crippen LogP contribution >= 0.6 is 0 Å². The number of carbonyl (C=O) groups is 1. The van der Waals surface area contributed by atoms with Crippen molar-refractivity contribution >= 4 is 5.78 Å². The maximum absolute atomic E-state index is 12.1. The summed E-state index contributed by atoms with van der Waals surface area (Å²) >= 11 is 0. The van der Waals surface area contributed by atoms with Crippen LogP contribution in [-0.2, 0) is 6.54 Å². The topological polar surface area (TPSA) is 34.9 Å². The van der Waals surface area contributed by atoms with Crippen molar-refractivity contribution in [3.8, 4) is 0 Å². The second kappa shape index (κ2) is 9.76. The third kappa shape index (κ3) is 6.04. The van der Waals surface area contributed by atoms with E-state index in [1.54, 1.807) is 6.20 Å². The normalized spacial score (nSPS) is 10.8. The smallest absolute Gasteiger partial charge is 0.180 e. The van der Waals surface area contributed by atoms with E-state index in [2.05, 4.69) is 18.9 Å². The molecule has 0 aromatic carbocycles. The molecule has 3 heteroatoms. The highest BCUT2D eigenvalue weighted by molar-refractivity contribution is 5.94. The van der Waals surface area contributed by atoms with Gasteiger partial charge in [-0.05, 0) is 18.9 Å². The maximum atomic E-state index is 12.1. The van der Waals surface area contributed by atoms with Crippen molar-refractivity contribution in [2.24, 2.45) is 0 Å². The summed E-state index contributed by atoms with van der Waals surface area (Å²) in [5.41, 5.74) is 0.785. The number of ketones is 1. The van der Waals surface area contributed by atoms with Gasteiger partial charge in [0.1, 0.15) is 5.69 Å². The van der Waals surface area contributed by atoms with Crippen molar-refractivity contribution in [3.05, 3.63) is 18.0 Å². The van der Waals surface area contributed by atoms with Crippen molar-refractivity contribution in [2.45, 2.75) is 78.2 Å². The number of unbranched alkanes of at least 4 members (excludes halogenated alkanes) is 6. The fourth-order valence-corrected chi connectivity index (χ4v) is 2.33.